The Morgan fingerprint density at radius 3 is 2.62 bits per heavy atom. The third-order valence-corrected chi connectivity index (χ3v) is 4.11. The highest BCUT2D eigenvalue weighted by Crippen LogP contribution is 2.11. The molecule has 1 rings (SSSR count). The molecule has 1 aromatic rings. The number of hydrogen-bond donors (Lipinski definition) is 1. The van der Waals surface area contributed by atoms with Crippen LogP contribution in [0.4, 0.5) is 0 Å². The first-order chi connectivity index (χ1) is 7.62. The van der Waals surface area contributed by atoms with Crippen molar-refractivity contribution in [3.63, 3.8) is 0 Å². The quantitative estimate of drug-likeness (QED) is 0.728. The molecule has 0 unspecified atom stereocenters. The third kappa shape index (κ3) is 3.02. The maximum absolute atomic E-state index is 12.0. The van der Waals surface area contributed by atoms with Gasteiger partial charge < -0.3 is 0 Å². The number of unbranched alkanes of at least 4 members (excludes halogenated alkanes) is 2. The van der Waals surface area contributed by atoms with Crippen LogP contribution in [0.3, 0.4) is 0 Å². The molecule has 0 aliphatic rings. The Kier molecular flexibility index (Phi) is 4.88. The zero-order chi connectivity index (χ0) is 12.0. The number of rotatable bonds is 7. The number of aromatic nitrogens is 3. The summed E-state index contributed by atoms with van der Waals surface area (Å²) in [7, 11) is -3.51. The minimum absolute atomic E-state index is 0.147. The van der Waals surface area contributed by atoms with E-state index < -0.39 is 10.0 Å². The molecule has 0 amide bonds. The molecule has 16 heavy (non-hydrogen) atoms. The highest BCUT2D eigenvalue weighted by atomic mass is 32.2. The van der Waals surface area contributed by atoms with Crippen LogP contribution in [0, 0.1) is 0 Å². The van der Waals surface area contributed by atoms with Gasteiger partial charge in [-0.15, -0.1) is 5.10 Å². The fraction of sp³-hybridized carbons (Fsp3) is 0.778. The second-order valence-corrected chi connectivity index (χ2v) is 5.32. The first-order valence-electron chi connectivity index (χ1n) is 5.48. The Morgan fingerprint density at radius 2 is 2.12 bits per heavy atom. The number of nitrogens with one attached hydrogen (secondary N) is 1. The van der Waals surface area contributed by atoms with Crippen molar-refractivity contribution in [1.29, 1.82) is 0 Å². The van der Waals surface area contributed by atoms with E-state index in [9.17, 15) is 8.42 Å². The van der Waals surface area contributed by atoms with Gasteiger partial charge in [-0.3, -0.25) is 5.10 Å². The summed E-state index contributed by atoms with van der Waals surface area (Å²) in [5.41, 5.74) is 0. The maximum Gasteiger partial charge on any atom is 0.282 e. The van der Waals surface area contributed by atoms with Crippen LogP contribution in [0.2, 0.25) is 0 Å². The molecule has 6 nitrogen and oxygen atoms in total. The molecule has 0 spiro atoms. The van der Waals surface area contributed by atoms with Crippen LogP contribution in [-0.4, -0.2) is 41.0 Å². The molecule has 0 saturated heterocycles. The van der Waals surface area contributed by atoms with Crippen LogP contribution >= 0.6 is 0 Å². The van der Waals surface area contributed by atoms with Gasteiger partial charge in [0, 0.05) is 13.1 Å². The second-order valence-electron chi connectivity index (χ2n) is 3.49. The summed E-state index contributed by atoms with van der Waals surface area (Å²) in [4.78, 5) is 3.69. The molecule has 0 atom stereocenters. The molecule has 1 aromatic heterocycles. The predicted octanol–water partition coefficient (Wildman–Crippen LogP) is 1.01. The zero-order valence-corrected chi connectivity index (χ0v) is 10.5. The molecule has 0 saturated carbocycles. The van der Waals surface area contributed by atoms with E-state index in [1.165, 1.54) is 10.6 Å². The lowest BCUT2D eigenvalue weighted by atomic mass is 10.2. The van der Waals surface area contributed by atoms with Gasteiger partial charge >= 0.3 is 0 Å². The van der Waals surface area contributed by atoms with Gasteiger partial charge in [-0.1, -0.05) is 26.7 Å². The Hall–Kier alpha value is -0.950. The normalized spacial score (nSPS) is 12.2. The summed E-state index contributed by atoms with van der Waals surface area (Å²) < 4.78 is 25.4. The fourth-order valence-corrected chi connectivity index (χ4v) is 2.72. The molecular formula is C9H18N4O2S. The average molecular weight is 246 g/mol. The molecule has 0 radical (unpaired) electrons. The van der Waals surface area contributed by atoms with E-state index in [4.69, 9.17) is 0 Å². The molecular weight excluding hydrogens is 228 g/mol. The second kappa shape index (κ2) is 5.95. The molecule has 92 valence electrons. The van der Waals surface area contributed by atoms with Gasteiger partial charge in [0.2, 0.25) is 0 Å². The van der Waals surface area contributed by atoms with Crippen LogP contribution in [0.25, 0.3) is 0 Å². The summed E-state index contributed by atoms with van der Waals surface area (Å²) in [6.45, 7) is 4.87. The van der Waals surface area contributed by atoms with Crippen LogP contribution in [0.15, 0.2) is 11.5 Å². The van der Waals surface area contributed by atoms with Gasteiger partial charge in [0.25, 0.3) is 15.2 Å². The van der Waals surface area contributed by atoms with Crippen LogP contribution in [0.5, 0.6) is 0 Å². The van der Waals surface area contributed by atoms with Crippen molar-refractivity contribution in [3.05, 3.63) is 6.33 Å². The Labute approximate surface area is 96.1 Å². The van der Waals surface area contributed by atoms with Gasteiger partial charge in [0.05, 0.1) is 0 Å². The summed E-state index contributed by atoms with van der Waals surface area (Å²) in [5.74, 6) is 0. The lowest BCUT2D eigenvalue weighted by molar-refractivity contribution is 0.410. The van der Waals surface area contributed by atoms with E-state index in [0.717, 1.165) is 19.3 Å². The van der Waals surface area contributed by atoms with Crippen molar-refractivity contribution in [3.8, 4) is 0 Å². The van der Waals surface area contributed by atoms with Crippen LogP contribution in [-0.2, 0) is 10.0 Å². The van der Waals surface area contributed by atoms with Crippen molar-refractivity contribution >= 4 is 10.0 Å². The molecule has 0 aromatic carbocycles. The topological polar surface area (TPSA) is 79.0 Å². The maximum atomic E-state index is 12.0. The van der Waals surface area contributed by atoms with Crippen LogP contribution in [0.1, 0.15) is 33.1 Å². The van der Waals surface area contributed by atoms with Crippen molar-refractivity contribution in [2.45, 2.75) is 38.3 Å². The molecule has 0 aliphatic carbocycles. The smallest absolute Gasteiger partial charge is 0.265 e. The Morgan fingerprint density at radius 1 is 1.38 bits per heavy atom. The van der Waals surface area contributed by atoms with Gasteiger partial charge in [0.1, 0.15) is 6.33 Å². The van der Waals surface area contributed by atoms with Crippen LogP contribution < -0.4 is 0 Å². The predicted molar refractivity (Wildman–Crippen MR) is 60.3 cm³/mol. The van der Waals surface area contributed by atoms with Crippen molar-refractivity contribution in [2.24, 2.45) is 0 Å². The number of sulfonamides is 1. The third-order valence-electron chi connectivity index (χ3n) is 2.33. The first-order valence-corrected chi connectivity index (χ1v) is 6.92. The van der Waals surface area contributed by atoms with Crippen molar-refractivity contribution in [1.82, 2.24) is 19.5 Å². The SMILES string of the molecule is CCCCCN(CC)S(=O)(=O)c1nc[nH]n1. The number of H-pyrrole nitrogens is 1. The van der Waals surface area contributed by atoms with E-state index in [-0.39, 0.29) is 5.16 Å². The number of hydrogen-bond acceptors (Lipinski definition) is 4. The molecule has 0 fully saturated rings. The Bertz CT molecular complexity index is 388. The number of aromatic amines is 1. The van der Waals surface area contributed by atoms with Gasteiger partial charge in [0.15, 0.2) is 0 Å². The molecule has 0 aliphatic heterocycles. The standard InChI is InChI=1S/C9H18N4O2S/c1-3-5-6-7-13(4-2)16(14,15)9-10-8-11-12-9/h8H,3-7H2,1-2H3,(H,10,11,12). The lowest BCUT2D eigenvalue weighted by Gasteiger charge is -2.17. The van der Waals surface area contributed by atoms with E-state index in [0.29, 0.717) is 13.1 Å². The zero-order valence-electron chi connectivity index (χ0n) is 9.68. The molecule has 0 bridgehead atoms. The van der Waals surface area contributed by atoms with Crippen molar-refractivity contribution in [2.75, 3.05) is 13.1 Å². The minimum Gasteiger partial charge on any atom is -0.265 e. The molecule has 1 heterocycles. The lowest BCUT2D eigenvalue weighted by Crippen LogP contribution is -2.32. The Balaban J connectivity index is 2.72. The monoisotopic (exact) mass is 246 g/mol. The summed E-state index contributed by atoms with van der Waals surface area (Å²) in [6, 6.07) is 0. The van der Waals surface area contributed by atoms with Crippen molar-refractivity contribution < 1.29 is 8.42 Å². The van der Waals surface area contributed by atoms with E-state index in [1.807, 2.05) is 6.92 Å². The van der Waals surface area contributed by atoms with Gasteiger partial charge in [-0.05, 0) is 6.42 Å². The largest absolute Gasteiger partial charge is 0.282 e. The summed E-state index contributed by atoms with van der Waals surface area (Å²) >= 11 is 0. The first kappa shape index (κ1) is 13.1. The summed E-state index contributed by atoms with van der Waals surface area (Å²) in [5, 5.41) is 5.89. The van der Waals surface area contributed by atoms with Gasteiger partial charge in [-0.2, -0.15) is 4.31 Å². The fourth-order valence-electron chi connectivity index (χ4n) is 1.42. The van der Waals surface area contributed by atoms with E-state index in [1.54, 1.807) is 0 Å². The summed E-state index contributed by atoms with van der Waals surface area (Å²) in [6.07, 6.45) is 4.24. The highest BCUT2D eigenvalue weighted by molar-refractivity contribution is 7.88. The van der Waals surface area contributed by atoms with E-state index >= 15 is 0 Å². The van der Waals surface area contributed by atoms with E-state index in [2.05, 4.69) is 22.1 Å². The highest BCUT2D eigenvalue weighted by Gasteiger charge is 2.25. The molecule has 1 N–H and O–H groups in total. The molecule has 7 heteroatoms. The average Bonchev–Trinajstić information content (AvgIpc) is 2.78. The van der Waals surface area contributed by atoms with Gasteiger partial charge in [-0.25, -0.2) is 13.4 Å². The number of nitrogens with zero attached hydrogens (tertiary/aromatic N) is 3. The minimum atomic E-state index is -3.51.